The van der Waals surface area contributed by atoms with Crippen LogP contribution in [0.2, 0.25) is 0 Å². The van der Waals surface area contributed by atoms with Crippen LogP contribution in [0.3, 0.4) is 0 Å². The number of anilines is 2. The smallest absolute Gasteiger partial charge is 0.321 e. The van der Waals surface area contributed by atoms with E-state index in [1.54, 1.807) is 14.1 Å². The van der Waals surface area contributed by atoms with Gasteiger partial charge >= 0.3 is 6.03 Å². The van der Waals surface area contributed by atoms with Crippen LogP contribution >= 0.6 is 11.8 Å². The maximum Gasteiger partial charge on any atom is 0.321 e. The number of nitrogens with two attached hydrogens (primary N) is 1. The van der Waals surface area contributed by atoms with Crippen molar-refractivity contribution >= 4 is 34.5 Å². The van der Waals surface area contributed by atoms with E-state index in [0.717, 1.165) is 23.6 Å². The van der Waals surface area contributed by atoms with Gasteiger partial charge in [0, 0.05) is 43.7 Å². The molecule has 1 atom stereocenters. The van der Waals surface area contributed by atoms with Gasteiger partial charge in [-0.25, -0.2) is 14.8 Å². The van der Waals surface area contributed by atoms with E-state index in [1.165, 1.54) is 16.7 Å². The lowest BCUT2D eigenvalue weighted by atomic mass is 10.2. The highest BCUT2D eigenvalue weighted by molar-refractivity contribution is 8.13. The molecule has 1 fully saturated rings. The largest absolute Gasteiger partial charge is 0.379 e. The summed E-state index contributed by atoms with van der Waals surface area (Å²) in [5.41, 5.74) is 7.85. The van der Waals surface area contributed by atoms with E-state index in [-0.39, 0.29) is 17.2 Å². The number of nitrogens with one attached hydrogen (secondary N) is 2. The minimum atomic E-state index is -0.189. The summed E-state index contributed by atoms with van der Waals surface area (Å²) in [5, 5.41) is 10.4. The number of hydrogen-bond acceptors (Lipinski definition) is 7. The van der Waals surface area contributed by atoms with Crippen molar-refractivity contribution in [3.8, 4) is 11.4 Å². The predicted octanol–water partition coefficient (Wildman–Crippen LogP) is 2.59. The maximum absolute atomic E-state index is 11.8. The summed E-state index contributed by atoms with van der Waals surface area (Å²) in [5.74, 6) is 1.92. The van der Waals surface area contributed by atoms with Crippen molar-refractivity contribution in [2.24, 2.45) is 5.73 Å². The fraction of sp³-hybridized carbons (Fsp3) is 0.400. The number of hydrogen-bond donors (Lipinski definition) is 3. The van der Waals surface area contributed by atoms with Crippen LogP contribution in [0.1, 0.15) is 12.6 Å². The van der Waals surface area contributed by atoms with Gasteiger partial charge in [-0.15, -0.1) is 0 Å². The molecule has 30 heavy (non-hydrogen) atoms. The Balaban J connectivity index is 1.90. The number of carbonyl (C=O) groups is 1. The Morgan fingerprint density at radius 2 is 2.10 bits per heavy atom. The van der Waals surface area contributed by atoms with Crippen molar-refractivity contribution in [1.29, 1.82) is 5.41 Å². The highest BCUT2D eigenvalue weighted by atomic mass is 32.2. The van der Waals surface area contributed by atoms with E-state index in [1.807, 2.05) is 30.3 Å². The lowest BCUT2D eigenvalue weighted by molar-refractivity contribution is 0.0985. The van der Waals surface area contributed by atoms with Crippen LogP contribution in [-0.2, 0) is 10.5 Å². The van der Waals surface area contributed by atoms with E-state index in [0.29, 0.717) is 30.5 Å². The lowest BCUT2D eigenvalue weighted by Crippen LogP contribution is -2.44. The minimum Gasteiger partial charge on any atom is -0.379 e. The molecule has 1 saturated heterocycles. The number of benzene rings is 1. The molecule has 2 aromatic rings. The Bertz CT molecular complexity index is 905. The van der Waals surface area contributed by atoms with Crippen molar-refractivity contribution in [2.75, 3.05) is 44.1 Å². The van der Waals surface area contributed by atoms with Crippen LogP contribution < -0.4 is 16.0 Å². The standard InChI is InChI=1S/C20H27N7O2S/c1-13-11-29-9-8-27(13)17-10-16(12-30-19(21)22)23-18(25-17)14-4-6-15(7-5-14)24-20(28)26(2)3/h4-7,10,13H,8-9,11-12H2,1-3H3,(H3,21,22)(H,24,28)/t13-/m0/s1. The monoisotopic (exact) mass is 429 g/mol. The maximum atomic E-state index is 11.8. The minimum absolute atomic E-state index is 0.0532. The van der Waals surface area contributed by atoms with Crippen molar-refractivity contribution in [2.45, 2.75) is 18.7 Å². The van der Waals surface area contributed by atoms with E-state index < -0.39 is 0 Å². The van der Waals surface area contributed by atoms with Crippen LogP contribution in [-0.4, -0.2) is 66.0 Å². The number of urea groups is 1. The summed E-state index contributed by atoms with van der Waals surface area (Å²) in [4.78, 5) is 25.0. The van der Waals surface area contributed by atoms with Gasteiger partial charge in [0.1, 0.15) is 5.82 Å². The molecule has 0 unspecified atom stereocenters. The Labute approximate surface area is 180 Å². The summed E-state index contributed by atoms with van der Waals surface area (Å²) in [6.45, 7) is 4.16. The summed E-state index contributed by atoms with van der Waals surface area (Å²) in [6.07, 6.45) is 0. The van der Waals surface area contributed by atoms with Gasteiger partial charge in [-0.2, -0.15) is 0 Å². The quantitative estimate of drug-likeness (QED) is 0.493. The molecular formula is C20H27N7O2S. The van der Waals surface area contributed by atoms with Gasteiger partial charge in [-0.05, 0) is 31.2 Å². The molecule has 4 N–H and O–H groups in total. The molecule has 160 valence electrons. The average Bonchev–Trinajstić information content (AvgIpc) is 2.73. The summed E-state index contributed by atoms with van der Waals surface area (Å²) in [6, 6.07) is 9.39. The molecule has 0 saturated carbocycles. The zero-order valence-corrected chi connectivity index (χ0v) is 18.2. The van der Waals surface area contributed by atoms with Gasteiger partial charge in [0.25, 0.3) is 0 Å². The van der Waals surface area contributed by atoms with Gasteiger partial charge in [0.15, 0.2) is 11.0 Å². The van der Waals surface area contributed by atoms with Crippen LogP contribution in [0, 0.1) is 5.41 Å². The number of thioether (sulfide) groups is 1. The van der Waals surface area contributed by atoms with Gasteiger partial charge in [-0.1, -0.05) is 11.8 Å². The molecule has 2 heterocycles. The number of morpholine rings is 1. The first kappa shape index (κ1) is 21.8. The van der Waals surface area contributed by atoms with Crippen LogP contribution in [0.4, 0.5) is 16.3 Å². The van der Waals surface area contributed by atoms with Gasteiger partial charge < -0.3 is 25.6 Å². The third-order valence-corrected chi connectivity index (χ3v) is 5.35. The molecular weight excluding hydrogens is 402 g/mol. The summed E-state index contributed by atoms with van der Waals surface area (Å²) in [7, 11) is 3.38. The SMILES string of the molecule is C[C@H]1COCCN1c1cc(CSC(=N)N)nc(-c2ccc(NC(=O)N(C)C)cc2)n1. The zero-order chi connectivity index (χ0) is 21.7. The molecule has 1 aromatic heterocycles. The van der Waals surface area contributed by atoms with Crippen molar-refractivity contribution < 1.29 is 9.53 Å². The number of carbonyl (C=O) groups excluding carboxylic acids is 1. The number of ether oxygens (including phenoxy) is 1. The van der Waals surface area contributed by atoms with Gasteiger partial charge in [0.05, 0.1) is 24.9 Å². The first-order chi connectivity index (χ1) is 14.3. The third kappa shape index (κ3) is 5.61. The normalized spacial score (nSPS) is 16.2. The highest BCUT2D eigenvalue weighted by Gasteiger charge is 2.22. The van der Waals surface area contributed by atoms with E-state index in [2.05, 4.69) is 22.1 Å². The zero-order valence-electron chi connectivity index (χ0n) is 17.4. The molecule has 0 bridgehead atoms. The number of amides is 2. The molecule has 3 rings (SSSR count). The molecule has 0 spiro atoms. The molecule has 2 amide bonds. The topological polar surface area (TPSA) is 120 Å². The Morgan fingerprint density at radius 3 is 2.73 bits per heavy atom. The average molecular weight is 430 g/mol. The molecule has 0 aliphatic carbocycles. The number of amidine groups is 1. The Hall–Kier alpha value is -2.85. The highest BCUT2D eigenvalue weighted by Crippen LogP contribution is 2.25. The van der Waals surface area contributed by atoms with E-state index >= 15 is 0 Å². The van der Waals surface area contributed by atoms with Crippen molar-refractivity contribution in [3.05, 3.63) is 36.0 Å². The second-order valence-corrected chi connectivity index (χ2v) is 8.23. The number of rotatable bonds is 5. The number of nitrogens with zero attached hydrogens (tertiary/aromatic N) is 4. The van der Waals surface area contributed by atoms with Crippen LogP contribution in [0.5, 0.6) is 0 Å². The fourth-order valence-corrected chi connectivity index (χ4v) is 3.44. The molecule has 0 radical (unpaired) electrons. The summed E-state index contributed by atoms with van der Waals surface area (Å²) < 4.78 is 5.55. The van der Waals surface area contributed by atoms with E-state index in [4.69, 9.17) is 20.9 Å². The Kier molecular flexibility index (Phi) is 7.11. The molecule has 1 aliphatic rings. The van der Waals surface area contributed by atoms with Crippen LogP contribution in [0.15, 0.2) is 30.3 Å². The van der Waals surface area contributed by atoms with Gasteiger partial charge in [0.2, 0.25) is 0 Å². The fourth-order valence-electron chi connectivity index (χ4n) is 2.99. The van der Waals surface area contributed by atoms with Crippen LogP contribution in [0.25, 0.3) is 11.4 Å². The first-order valence-electron chi connectivity index (χ1n) is 9.61. The number of aromatic nitrogens is 2. The molecule has 1 aromatic carbocycles. The van der Waals surface area contributed by atoms with E-state index in [9.17, 15) is 4.79 Å². The van der Waals surface area contributed by atoms with Gasteiger partial charge in [-0.3, -0.25) is 5.41 Å². The lowest BCUT2D eigenvalue weighted by Gasteiger charge is -2.34. The van der Waals surface area contributed by atoms with Crippen molar-refractivity contribution in [1.82, 2.24) is 14.9 Å². The van der Waals surface area contributed by atoms with Crippen molar-refractivity contribution in [3.63, 3.8) is 0 Å². The second kappa shape index (κ2) is 9.77. The molecule has 1 aliphatic heterocycles. The Morgan fingerprint density at radius 1 is 1.37 bits per heavy atom. The first-order valence-corrected chi connectivity index (χ1v) is 10.6. The predicted molar refractivity (Wildman–Crippen MR) is 121 cm³/mol. The summed E-state index contributed by atoms with van der Waals surface area (Å²) >= 11 is 1.23. The molecule has 9 nitrogen and oxygen atoms in total. The molecule has 10 heteroatoms. The second-order valence-electron chi connectivity index (χ2n) is 7.21. The third-order valence-electron chi connectivity index (χ3n) is 4.60.